The molecule has 26 heavy (non-hydrogen) atoms. The van der Waals surface area contributed by atoms with E-state index in [1.807, 2.05) is 12.1 Å². The van der Waals surface area contributed by atoms with E-state index < -0.39 is 11.6 Å². The molecule has 0 spiro atoms. The van der Waals surface area contributed by atoms with Crippen LogP contribution in [0.15, 0.2) is 47.7 Å². The van der Waals surface area contributed by atoms with E-state index in [0.29, 0.717) is 20.8 Å². The lowest BCUT2D eigenvalue weighted by Crippen LogP contribution is -2.22. The SMILES string of the molecule is COc1cc(/C=c2\sc3nc(-c4ccncc4)cn3c2=O)cc(F)c1O. The van der Waals surface area contributed by atoms with Crippen LogP contribution >= 0.6 is 11.3 Å². The first kappa shape index (κ1) is 16.2. The summed E-state index contributed by atoms with van der Waals surface area (Å²) >= 11 is 1.20. The molecule has 6 nitrogen and oxygen atoms in total. The minimum absolute atomic E-state index is 0.00464. The third kappa shape index (κ3) is 2.70. The number of ether oxygens (including phenoxy) is 1. The minimum atomic E-state index is -0.815. The summed E-state index contributed by atoms with van der Waals surface area (Å²) in [5.41, 5.74) is 1.71. The Morgan fingerprint density at radius 1 is 1.31 bits per heavy atom. The van der Waals surface area contributed by atoms with Crippen LogP contribution in [0, 0.1) is 5.82 Å². The van der Waals surface area contributed by atoms with Gasteiger partial charge < -0.3 is 9.84 Å². The summed E-state index contributed by atoms with van der Waals surface area (Å²) in [6.07, 6.45) is 6.53. The lowest BCUT2D eigenvalue weighted by Gasteiger charge is -2.04. The number of phenols is 1. The number of pyridine rings is 1. The zero-order valence-corrected chi connectivity index (χ0v) is 14.3. The Hall–Kier alpha value is -3.26. The lowest BCUT2D eigenvalue weighted by molar-refractivity contribution is 0.357. The number of hydrogen-bond acceptors (Lipinski definition) is 6. The minimum Gasteiger partial charge on any atom is -0.502 e. The Labute approximate surface area is 150 Å². The summed E-state index contributed by atoms with van der Waals surface area (Å²) in [4.78, 5) is 21.6. The van der Waals surface area contributed by atoms with Gasteiger partial charge in [-0.15, -0.1) is 0 Å². The second-order valence-electron chi connectivity index (χ2n) is 5.48. The van der Waals surface area contributed by atoms with Crippen LogP contribution in [0.4, 0.5) is 4.39 Å². The van der Waals surface area contributed by atoms with Gasteiger partial charge in [0.05, 0.1) is 17.3 Å². The first-order valence-electron chi connectivity index (χ1n) is 7.57. The van der Waals surface area contributed by atoms with Gasteiger partial charge in [-0.2, -0.15) is 0 Å². The van der Waals surface area contributed by atoms with Crippen LogP contribution < -0.4 is 14.8 Å². The van der Waals surface area contributed by atoms with Crippen LogP contribution in [-0.4, -0.2) is 26.6 Å². The highest BCUT2D eigenvalue weighted by Crippen LogP contribution is 2.30. The zero-order chi connectivity index (χ0) is 18.3. The van der Waals surface area contributed by atoms with Gasteiger partial charge in [0.15, 0.2) is 22.3 Å². The number of thiazole rings is 1. The van der Waals surface area contributed by atoms with E-state index in [9.17, 15) is 14.3 Å². The van der Waals surface area contributed by atoms with Crippen molar-refractivity contribution in [1.29, 1.82) is 0 Å². The van der Waals surface area contributed by atoms with Crippen molar-refractivity contribution in [3.63, 3.8) is 0 Å². The van der Waals surface area contributed by atoms with Crippen LogP contribution in [0.1, 0.15) is 5.56 Å². The van der Waals surface area contributed by atoms with Crippen molar-refractivity contribution in [2.75, 3.05) is 7.11 Å². The normalized spacial score (nSPS) is 12.0. The van der Waals surface area contributed by atoms with Gasteiger partial charge >= 0.3 is 0 Å². The van der Waals surface area contributed by atoms with E-state index in [4.69, 9.17) is 4.74 Å². The first-order valence-corrected chi connectivity index (χ1v) is 8.39. The number of methoxy groups -OCH3 is 1. The van der Waals surface area contributed by atoms with Gasteiger partial charge in [-0.05, 0) is 35.9 Å². The number of rotatable bonds is 3. The molecule has 1 N–H and O–H groups in total. The Bertz CT molecular complexity index is 1220. The highest BCUT2D eigenvalue weighted by atomic mass is 32.1. The molecule has 0 saturated carbocycles. The number of halogens is 1. The molecule has 0 amide bonds. The molecule has 130 valence electrons. The lowest BCUT2D eigenvalue weighted by atomic mass is 10.2. The van der Waals surface area contributed by atoms with Crippen molar-refractivity contribution in [1.82, 2.24) is 14.4 Å². The molecule has 0 atom stereocenters. The Kier molecular flexibility index (Phi) is 3.89. The highest BCUT2D eigenvalue weighted by Gasteiger charge is 2.12. The predicted molar refractivity (Wildman–Crippen MR) is 96.0 cm³/mol. The van der Waals surface area contributed by atoms with Crippen molar-refractivity contribution in [3.05, 3.63) is 69.1 Å². The van der Waals surface area contributed by atoms with Crippen molar-refractivity contribution in [2.24, 2.45) is 0 Å². The quantitative estimate of drug-likeness (QED) is 0.599. The van der Waals surface area contributed by atoms with Gasteiger partial charge in [0.25, 0.3) is 5.56 Å². The summed E-state index contributed by atoms with van der Waals surface area (Å²) in [7, 11) is 1.33. The van der Waals surface area contributed by atoms with Gasteiger partial charge in [-0.3, -0.25) is 14.2 Å². The fourth-order valence-electron chi connectivity index (χ4n) is 2.58. The van der Waals surface area contributed by atoms with Gasteiger partial charge in [0.2, 0.25) is 0 Å². The maximum Gasteiger partial charge on any atom is 0.274 e. The van der Waals surface area contributed by atoms with Crippen LogP contribution in [0.25, 0.3) is 22.3 Å². The van der Waals surface area contributed by atoms with Crippen LogP contribution in [0.3, 0.4) is 0 Å². The van der Waals surface area contributed by atoms with E-state index in [-0.39, 0.29) is 11.3 Å². The standard InChI is InChI=1S/C18H12FN3O3S/c1-25-14-7-10(6-12(19)16(14)23)8-15-17(24)22-9-13(21-18(22)26-15)11-2-4-20-5-3-11/h2-9,23H,1H3/b15-8-. The first-order chi connectivity index (χ1) is 12.6. The molecule has 0 aliphatic rings. The summed E-state index contributed by atoms with van der Waals surface area (Å²) in [5.74, 6) is -1.37. The second-order valence-corrected chi connectivity index (χ2v) is 6.49. The molecule has 0 unspecified atom stereocenters. The molecule has 0 aliphatic heterocycles. The molecule has 8 heteroatoms. The van der Waals surface area contributed by atoms with Gasteiger partial charge in [-0.1, -0.05) is 11.3 Å². The second kappa shape index (κ2) is 6.23. The van der Waals surface area contributed by atoms with E-state index in [1.54, 1.807) is 24.7 Å². The fraction of sp³-hybridized carbons (Fsp3) is 0.0556. The molecule has 0 aliphatic carbocycles. The Morgan fingerprint density at radius 2 is 2.08 bits per heavy atom. The largest absolute Gasteiger partial charge is 0.502 e. The summed E-state index contributed by atoms with van der Waals surface area (Å²) < 4.78 is 20.6. The van der Waals surface area contributed by atoms with E-state index in [0.717, 1.165) is 11.6 Å². The van der Waals surface area contributed by atoms with Crippen LogP contribution in [0.5, 0.6) is 11.5 Å². The Morgan fingerprint density at radius 3 is 2.77 bits per heavy atom. The van der Waals surface area contributed by atoms with Crippen LogP contribution in [0.2, 0.25) is 0 Å². The molecular weight excluding hydrogens is 357 g/mol. The van der Waals surface area contributed by atoms with Gasteiger partial charge in [0.1, 0.15) is 0 Å². The highest BCUT2D eigenvalue weighted by molar-refractivity contribution is 7.15. The molecule has 0 radical (unpaired) electrons. The van der Waals surface area contributed by atoms with E-state index in [2.05, 4.69) is 9.97 Å². The smallest absolute Gasteiger partial charge is 0.274 e. The number of nitrogens with zero attached hydrogens (tertiary/aromatic N) is 3. The van der Waals surface area contributed by atoms with E-state index >= 15 is 0 Å². The molecule has 0 bridgehead atoms. The van der Waals surface area contributed by atoms with Crippen LogP contribution in [-0.2, 0) is 0 Å². The number of aromatic nitrogens is 3. The predicted octanol–water partition coefficient (Wildman–Crippen LogP) is 2.22. The molecule has 4 aromatic rings. The number of benzene rings is 1. The van der Waals surface area contributed by atoms with Crippen molar-refractivity contribution < 1.29 is 14.2 Å². The van der Waals surface area contributed by atoms with Gasteiger partial charge in [-0.25, -0.2) is 9.37 Å². The number of phenolic OH excluding ortho intramolecular Hbond substituents is 1. The van der Waals surface area contributed by atoms with Crippen molar-refractivity contribution in [2.45, 2.75) is 0 Å². The molecule has 1 aromatic carbocycles. The Balaban J connectivity index is 1.82. The summed E-state index contributed by atoms with van der Waals surface area (Å²) in [6.45, 7) is 0. The number of imidazole rings is 1. The average Bonchev–Trinajstić information content (AvgIpc) is 3.19. The maximum atomic E-state index is 13.8. The van der Waals surface area contributed by atoms with E-state index in [1.165, 1.54) is 28.9 Å². The summed E-state index contributed by atoms with van der Waals surface area (Å²) in [6, 6.07) is 6.23. The number of fused-ring (bicyclic) bond motifs is 1. The molecule has 3 aromatic heterocycles. The topological polar surface area (TPSA) is 76.7 Å². The summed E-state index contributed by atoms with van der Waals surface area (Å²) in [5, 5.41) is 9.57. The van der Waals surface area contributed by atoms with Crippen molar-refractivity contribution >= 4 is 22.4 Å². The molecule has 0 saturated heterocycles. The van der Waals surface area contributed by atoms with Crippen molar-refractivity contribution in [3.8, 4) is 22.8 Å². The fourth-order valence-corrected chi connectivity index (χ4v) is 3.53. The maximum absolute atomic E-state index is 13.8. The number of aromatic hydroxyl groups is 1. The zero-order valence-electron chi connectivity index (χ0n) is 13.5. The molecular formula is C18H12FN3O3S. The average molecular weight is 369 g/mol. The molecule has 4 rings (SSSR count). The third-order valence-electron chi connectivity index (χ3n) is 3.85. The van der Waals surface area contributed by atoms with Gasteiger partial charge in [0, 0.05) is 24.2 Å². The molecule has 3 heterocycles. The molecule has 0 fully saturated rings. The number of hydrogen-bond donors (Lipinski definition) is 1. The monoisotopic (exact) mass is 369 g/mol. The third-order valence-corrected chi connectivity index (χ3v) is 4.83.